The second kappa shape index (κ2) is 7.04. The number of hydrogen-bond acceptors (Lipinski definition) is 2. The number of nitrogens with zero attached hydrogens (tertiary/aromatic N) is 1. The number of benzene rings is 2. The minimum absolute atomic E-state index is 0.131. The van der Waals surface area contributed by atoms with Crippen molar-refractivity contribution in [3.63, 3.8) is 0 Å². The second-order valence-corrected chi connectivity index (χ2v) is 7.05. The van der Waals surface area contributed by atoms with Gasteiger partial charge in [0.05, 0.1) is 0 Å². The molecule has 0 aromatic heterocycles. The van der Waals surface area contributed by atoms with Crippen LogP contribution in [0.3, 0.4) is 0 Å². The van der Waals surface area contributed by atoms with Crippen molar-refractivity contribution in [2.75, 3.05) is 19.6 Å². The van der Waals surface area contributed by atoms with Crippen molar-refractivity contribution in [3.05, 3.63) is 70.7 Å². The number of rotatable bonds is 4. The van der Waals surface area contributed by atoms with Crippen LogP contribution in [0.2, 0.25) is 5.02 Å². The first-order chi connectivity index (χ1) is 11.1. The van der Waals surface area contributed by atoms with E-state index in [4.69, 9.17) is 17.3 Å². The van der Waals surface area contributed by atoms with Gasteiger partial charge in [-0.05, 0) is 56.1 Å². The van der Waals surface area contributed by atoms with Crippen LogP contribution in [0.4, 0.5) is 0 Å². The van der Waals surface area contributed by atoms with Crippen molar-refractivity contribution < 1.29 is 0 Å². The topological polar surface area (TPSA) is 29.3 Å². The predicted octanol–water partition coefficient (Wildman–Crippen LogP) is 4.39. The third kappa shape index (κ3) is 3.45. The Morgan fingerprint density at radius 3 is 2.39 bits per heavy atom. The average Bonchev–Trinajstić information content (AvgIpc) is 2.62. The molecule has 122 valence electrons. The summed E-state index contributed by atoms with van der Waals surface area (Å²) in [7, 11) is 0. The molecule has 0 aliphatic carbocycles. The summed E-state index contributed by atoms with van der Waals surface area (Å²) in [5.41, 5.74) is 8.99. The van der Waals surface area contributed by atoms with Crippen molar-refractivity contribution in [1.82, 2.24) is 4.90 Å². The van der Waals surface area contributed by atoms with Gasteiger partial charge in [-0.15, -0.1) is 0 Å². The Labute approximate surface area is 144 Å². The van der Waals surface area contributed by atoms with Crippen LogP contribution in [0.15, 0.2) is 54.6 Å². The summed E-state index contributed by atoms with van der Waals surface area (Å²) in [5.74, 6) is 0. The predicted molar refractivity (Wildman–Crippen MR) is 97.8 cm³/mol. The Kier molecular flexibility index (Phi) is 5.05. The largest absolute Gasteiger partial charge is 0.330 e. The van der Waals surface area contributed by atoms with Gasteiger partial charge in [0.15, 0.2) is 0 Å². The smallest absolute Gasteiger partial charge is 0.0409 e. The Hall–Kier alpha value is -1.35. The number of nitrogens with two attached hydrogens (primary N) is 1. The van der Waals surface area contributed by atoms with E-state index < -0.39 is 0 Å². The van der Waals surface area contributed by atoms with E-state index in [2.05, 4.69) is 54.3 Å². The molecule has 2 aromatic rings. The molecule has 1 unspecified atom stereocenters. The molecule has 3 heteroatoms. The molecule has 0 amide bonds. The van der Waals surface area contributed by atoms with E-state index in [9.17, 15) is 0 Å². The number of piperidine rings is 1. The van der Waals surface area contributed by atoms with Gasteiger partial charge in [-0.2, -0.15) is 0 Å². The zero-order valence-corrected chi connectivity index (χ0v) is 14.5. The molecule has 0 saturated carbocycles. The Balaban J connectivity index is 1.72. The fourth-order valence-electron chi connectivity index (χ4n) is 3.72. The molecule has 3 rings (SSSR count). The standard InChI is InChI=1S/C20H25ClN2/c1-16(17-6-5-9-19(21)14-17)23-12-10-20(15-22,11-13-23)18-7-3-2-4-8-18/h2-9,14,16H,10-13,15,22H2,1H3. The van der Waals surface area contributed by atoms with Gasteiger partial charge in [-0.25, -0.2) is 0 Å². The monoisotopic (exact) mass is 328 g/mol. The molecule has 0 radical (unpaired) electrons. The maximum atomic E-state index is 6.19. The van der Waals surface area contributed by atoms with Crippen LogP contribution >= 0.6 is 11.6 Å². The van der Waals surface area contributed by atoms with Crippen molar-refractivity contribution in [2.45, 2.75) is 31.2 Å². The van der Waals surface area contributed by atoms with Gasteiger partial charge in [0.1, 0.15) is 0 Å². The molecule has 1 fully saturated rings. The fourth-order valence-corrected chi connectivity index (χ4v) is 3.92. The quantitative estimate of drug-likeness (QED) is 0.901. The SMILES string of the molecule is CC(c1cccc(Cl)c1)N1CCC(CN)(c2ccccc2)CC1. The highest BCUT2D eigenvalue weighted by Gasteiger charge is 2.36. The maximum absolute atomic E-state index is 6.19. The summed E-state index contributed by atoms with van der Waals surface area (Å²) in [6.45, 7) is 5.12. The molecule has 1 aliphatic rings. The molecular formula is C20H25ClN2. The van der Waals surface area contributed by atoms with Crippen LogP contribution in [0.25, 0.3) is 0 Å². The molecule has 1 heterocycles. The highest BCUT2D eigenvalue weighted by Crippen LogP contribution is 2.37. The summed E-state index contributed by atoms with van der Waals surface area (Å²) >= 11 is 6.14. The molecule has 23 heavy (non-hydrogen) atoms. The van der Waals surface area contributed by atoms with Crippen molar-refractivity contribution >= 4 is 11.6 Å². The van der Waals surface area contributed by atoms with Crippen molar-refractivity contribution in [2.24, 2.45) is 5.73 Å². The zero-order valence-electron chi connectivity index (χ0n) is 13.7. The zero-order chi connectivity index (χ0) is 16.3. The first kappa shape index (κ1) is 16.5. The van der Waals surface area contributed by atoms with E-state index in [0.29, 0.717) is 6.04 Å². The van der Waals surface area contributed by atoms with Gasteiger partial charge in [0, 0.05) is 23.0 Å². The number of likely N-dealkylation sites (tertiary alicyclic amines) is 1. The molecule has 1 saturated heterocycles. The Morgan fingerprint density at radius 2 is 1.78 bits per heavy atom. The molecule has 2 nitrogen and oxygen atoms in total. The Morgan fingerprint density at radius 1 is 1.09 bits per heavy atom. The highest BCUT2D eigenvalue weighted by molar-refractivity contribution is 6.30. The van der Waals surface area contributed by atoms with Crippen molar-refractivity contribution in [1.29, 1.82) is 0 Å². The van der Waals surface area contributed by atoms with Crippen LogP contribution in [-0.2, 0) is 5.41 Å². The lowest BCUT2D eigenvalue weighted by Crippen LogP contribution is -2.47. The first-order valence-corrected chi connectivity index (χ1v) is 8.77. The van der Waals surface area contributed by atoms with E-state index in [1.807, 2.05) is 12.1 Å². The molecule has 2 aromatic carbocycles. The summed E-state index contributed by atoms with van der Waals surface area (Å²) in [6, 6.07) is 19.4. The van der Waals surface area contributed by atoms with Gasteiger partial charge in [-0.3, -0.25) is 4.90 Å². The van der Waals surface area contributed by atoms with Gasteiger partial charge < -0.3 is 5.73 Å². The molecular weight excluding hydrogens is 304 g/mol. The lowest BCUT2D eigenvalue weighted by Gasteiger charge is -2.44. The van der Waals surface area contributed by atoms with Crippen LogP contribution in [-0.4, -0.2) is 24.5 Å². The maximum Gasteiger partial charge on any atom is 0.0409 e. The Bertz CT molecular complexity index is 633. The summed E-state index contributed by atoms with van der Waals surface area (Å²) in [4.78, 5) is 2.54. The van der Waals surface area contributed by atoms with Crippen LogP contribution < -0.4 is 5.73 Å². The molecule has 1 atom stereocenters. The van der Waals surface area contributed by atoms with E-state index in [-0.39, 0.29) is 5.41 Å². The van der Waals surface area contributed by atoms with E-state index >= 15 is 0 Å². The lowest BCUT2D eigenvalue weighted by atomic mass is 9.72. The third-order valence-electron chi connectivity index (χ3n) is 5.41. The molecule has 1 aliphatic heterocycles. The van der Waals surface area contributed by atoms with Crippen LogP contribution in [0.1, 0.15) is 36.9 Å². The second-order valence-electron chi connectivity index (χ2n) is 6.62. The van der Waals surface area contributed by atoms with Crippen molar-refractivity contribution in [3.8, 4) is 0 Å². The minimum Gasteiger partial charge on any atom is -0.330 e. The van der Waals surface area contributed by atoms with Gasteiger partial charge in [-0.1, -0.05) is 54.1 Å². The van der Waals surface area contributed by atoms with Crippen LogP contribution in [0, 0.1) is 0 Å². The third-order valence-corrected chi connectivity index (χ3v) is 5.65. The van der Waals surface area contributed by atoms with E-state index in [0.717, 1.165) is 37.5 Å². The normalized spacial score (nSPS) is 19.4. The lowest BCUT2D eigenvalue weighted by molar-refractivity contribution is 0.124. The van der Waals surface area contributed by atoms with Gasteiger partial charge in [0.2, 0.25) is 0 Å². The van der Waals surface area contributed by atoms with E-state index in [1.165, 1.54) is 11.1 Å². The fraction of sp³-hybridized carbons (Fsp3) is 0.400. The van der Waals surface area contributed by atoms with E-state index in [1.54, 1.807) is 0 Å². The summed E-state index contributed by atoms with van der Waals surface area (Å²) < 4.78 is 0. The number of hydrogen-bond donors (Lipinski definition) is 1. The van der Waals surface area contributed by atoms with Crippen LogP contribution in [0.5, 0.6) is 0 Å². The molecule has 0 spiro atoms. The molecule has 0 bridgehead atoms. The average molecular weight is 329 g/mol. The summed E-state index contributed by atoms with van der Waals surface area (Å²) in [6.07, 6.45) is 2.22. The number of halogens is 1. The molecule has 2 N–H and O–H groups in total. The van der Waals surface area contributed by atoms with Gasteiger partial charge >= 0.3 is 0 Å². The van der Waals surface area contributed by atoms with Gasteiger partial charge in [0.25, 0.3) is 0 Å². The summed E-state index contributed by atoms with van der Waals surface area (Å²) in [5, 5.41) is 0.812. The first-order valence-electron chi connectivity index (χ1n) is 8.40. The highest BCUT2D eigenvalue weighted by atomic mass is 35.5. The minimum atomic E-state index is 0.131.